The molecule has 0 saturated heterocycles. The molecule has 0 bridgehead atoms. The van der Waals surface area contributed by atoms with Crippen molar-refractivity contribution >= 4 is 21.7 Å². The van der Waals surface area contributed by atoms with Crippen molar-refractivity contribution in [1.82, 2.24) is 9.88 Å². The van der Waals surface area contributed by atoms with Crippen LogP contribution in [0.4, 0.5) is 0 Å². The van der Waals surface area contributed by atoms with Crippen LogP contribution in [0.15, 0.2) is 89.7 Å². The maximum atomic E-state index is 13.6. The molecule has 0 spiro atoms. The highest BCUT2D eigenvalue weighted by Gasteiger charge is 2.38. The van der Waals surface area contributed by atoms with Crippen molar-refractivity contribution in [2.24, 2.45) is 0 Å². The van der Waals surface area contributed by atoms with Crippen LogP contribution >= 0.6 is 0 Å². The number of pyridine rings is 1. The van der Waals surface area contributed by atoms with Crippen LogP contribution < -0.4 is 10.2 Å². The van der Waals surface area contributed by atoms with E-state index in [1.54, 1.807) is 0 Å². The molecule has 0 aliphatic carbocycles. The number of hydrogen-bond acceptors (Lipinski definition) is 3. The van der Waals surface area contributed by atoms with Gasteiger partial charge < -0.3 is 9.72 Å². The van der Waals surface area contributed by atoms with E-state index >= 15 is 0 Å². The van der Waals surface area contributed by atoms with Crippen LogP contribution in [0, 0.1) is 0 Å². The van der Waals surface area contributed by atoms with Crippen LogP contribution in [0.2, 0.25) is 0 Å². The number of aromatic nitrogens is 1. The van der Waals surface area contributed by atoms with E-state index in [9.17, 15) is 4.79 Å². The molecule has 35 heavy (non-hydrogen) atoms. The fourth-order valence-corrected chi connectivity index (χ4v) is 6.01. The zero-order valence-corrected chi connectivity index (χ0v) is 19.6. The van der Waals surface area contributed by atoms with Crippen molar-refractivity contribution in [2.45, 2.75) is 32.0 Å². The summed E-state index contributed by atoms with van der Waals surface area (Å²) in [6, 6.07) is 29.5. The summed E-state index contributed by atoms with van der Waals surface area (Å²) in [5.74, 6) is 0.979. The van der Waals surface area contributed by atoms with Crippen LogP contribution in [0.1, 0.15) is 47.0 Å². The average Bonchev–Trinajstić information content (AvgIpc) is 3.52. The lowest BCUT2D eigenvalue weighted by molar-refractivity contribution is 0.180. The molecule has 0 radical (unpaired) electrons. The molecule has 1 aromatic heterocycles. The molecule has 4 nitrogen and oxygen atoms in total. The van der Waals surface area contributed by atoms with Gasteiger partial charge in [0.15, 0.2) is 5.43 Å². The van der Waals surface area contributed by atoms with E-state index in [-0.39, 0.29) is 17.5 Å². The topological polar surface area (TPSA) is 45.3 Å². The number of nitrogens with zero attached hydrogens (tertiary/aromatic N) is 1. The minimum atomic E-state index is -0.0397. The van der Waals surface area contributed by atoms with Gasteiger partial charge in [-0.2, -0.15) is 0 Å². The van der Waals surface area contributed by atoms with Crippen LogP contribution in [0.25, 0.3) is 21.7 Å². The van der Waals surface area contributed by atoms with Crippen molar-refractivity contribution in [2.75, 3.05) is 6.61 Å². The van der Waals surface area contributed by atoms with Crippen molar-refractivity contribution in [3.8, 4) is 5.75 Å². The van der Waals surface area contributed by atoms with Gasteiger partial charge in [-0.3, -0.25) is 9.69 Å². The quantitative estimate of drug-likeness (QED) is 0.346. The molecule has 0 amide bonds. The maximum absolute atomic E-state index is 13.6. The zero-order chi connectivity index (χ0) is 23.5. The lowest BCUT2D eigenvalue weighted by atomic mass is 9.95. The first kappa shape index (κ1) is 20.5. The second-order valence-electron chi connectivity index (χ2n) is 9.68. The number of aromatic amines is 1. The minimum absolute atomic E-state index is 0.0397. The lowest BCUT2D eigenvalue weighted by Gasteiger charge is -2.32. The summed E-state index contributed by atoms with van der Waals surface area (Å²) in [6.45, 7) is 3.61. The first-order valence-corrected chi connectivity index (χ1v) is 12.3. The van der Waals surface area contributed by atoms with E-state index in [0.29, 0.717) is 6.54 Å². The second kappa shape index (κ2) is 7.82. The summed E-state index contributed by atoms with van der Waals surface area (Å²) in [6.07, 6.45) is 0.926. The number of fused-ring (bicyclic) bond motifs is 4. The molecule has 2 aliphatic rings. The molecule has 4 aromatic carbocycles. The summed E-state index contributed by atoms with van der Waals surface area (Å²) >= 11 is 0. The number of hydrogen-bond donors (Lipinski definition) is 1. The van der Waals surface area contributed by atoms with Crippen molar-refractivity contribution in [3.05, 3.63) is 123 Å². The summed E-state index contributed by atoms with van der Waals surface area (Å²) in [5, 5.41) is 3.25. The SMILES string of the molecule is CC(c1cccc2ccccc12)N1Cc2c([nH]c3ccccc3c2=O)C1c1ccc2c(c1)CCO2. The summed E-state index contributed by atoms with van der Waals surface area (Å²) in [7, 11) is 0. The van der Waals surface area contributed by atoms with Gasteiger partial charge in [0.1, 0.15) is 5.75 Å². The zero-order valence-electron chi connectivity index (χ0n) is 19.6. The third kappa shape index (κ3) is 3.14. The third-order valence-electron chi connectivity index (χ3n) is 7.79. The number of nitrogens with one attached hydrogen (secondary N) is 1. The number of para-hydroxylation sites is 1. The van der Waals surface area contributed by atoms with Crippen LogP contribution in [-0.2, 0) is 13.0 Å². The number of ether oxygens (including phenoxy) is 1. The Balaban J connectivity index is 1.43. The molecular formula is C31H26N2O2. The Hall–Kier alpha value is -3.89. The van der Waals surface area contributed by atoms with Gasteiger partial charge in [0.05, 0.1) is 12.6 Å². The Kier molecular flexibility index (Phi) is 4.58. The molecule has 2 atom stereocenters. The van der Waals surface area contributed by atoms with E-state index in [2.05, 4.69) is 77.5 Å². The van der Waals surface area contributed by atoms with Crippen molar-refractivity contribution in [3.63, 3.8) is 0 Å². The predicted molar refractivity (Wildman–Crippen MR) is 140 cm³/mol. The molecule has 2 aliphatic heterocycles. The van der Waals surface area contributed by atoms with Gasteiger partial charge in [0, 0.05) is 41.2 Å². The molecule has 2 unspecified atom stereocenters. The van der Waals surface area contributed by atoms with Gasteiger partial charge in [0.25, 0.3) is 0 Å². The molecule has 0 fully saturated rings. The molecule has 172 valence electrons. The highest BCUT2D eigenvalue weighted by atomic mass is 16.5. The fourth-order valence-electron chi connectivity index (χ4n) is 6.01. The van der Waals surface area contributed by atoms with E-state index in [1.807, 2.05) is 24.3 Å². The normalized spacial score (nSPS) is 17.9. The van der Waals surface area contributed by atoms with Crippen LogP contribution in [-0.4, -0.2) is 16.5 Å². The number of benzene rings is 4. The Labute approximate surface area is 203 Å². The molecule has 5 aromatic rings. The maximum Gasteiger partial charge on any atom is 0.194 e. The van der Waals surface area contributed by atoms with E-state index in [1.165, 1.54) is 27.5 Å². The Morgan fingerprint density at radius 2 is 1.74 bits per heavy atom. The molecule has 4 heteroatoms. The van der Waals surface area contributed by atoms with Crippen molar-refractivity contribution in [1.29, 1.82) is 0 Å². The second-order valence-corrected chi connectivity index (χ2v) is 9.68. The fraction of sp³-hybridized carbons (Fsp3) is 0.194. The van der Waals surface area contributed by atoms with Gasteiger partial charge in [0.2, 0.25) is 0 Å². The molecular weight excluding hydrogens is 432 g/mol. The van der Waals surface area contributed by atoms with Crippen LogP contribution in [0.5, 0.6) is 5.75 Å². The van der Waals surface area contributed by atoms with Gasteiger partial charge in [-0.25, -0.2) is 0 Å². The van der Waals surface area contributed by atoms with E-state index in [4.69, 9.17) is 4.74 Å². The highest BCUT2D eigenvalue weighted by Crippen LogP contribution is 2.44. The average molecular weight is 459 g/mol. The molecule has 7 rings (SSSR count). The first-order valence-electron chi connectivity index (χ1n) is 12.3. The van der Waals surface area contributed by atoms with Crippen LogP contribution in [0.3, 0.4) is 0 Å². The molecule has 1 N–H and O–H groups in total. The Bertz CT molecular complexity index is 1660. The predicted octanol–water partition coefficient (Wildman–Crippen LogP) is 6.28. The summed E-state index contributed by atoms with van der Waals surface area (Å²) < 4.78 is 5.78. The monoisotopic (exact) mass is 458 g/mol. The third-order valence-corrected chi connectivity index (χ3v) is 7.79. The minimum Gasteiger partial charge on any atom is -0.493 e. The summed E-state index contributed by atoms with van der Waals surface area (Å²) in [5.41, 5.74) is 6.64. The Morgan fingerprint density at radius 3 is 2.66 bits per heavy atom. The Morgan fingerprint density at radius 1 is 0.943 bits per heavy atom. The standard InChI is InChI=1S/C31H26N2O2/c1-19(23-11-6-8-20-7-2-3-9-24(20)23)33-18-26-29(32-27-12-5-4-10-25(27)31(26)34)30(33)22-13-14-28-21(17-22)15-16-35-28/h2-14,17,19,30H,15-16,18H2,1H3,(H,32,34). The van der Waals surface area contributed by atoms with Crippen molar-refractivity contribution < 1.29 is 4.74 Å². The molecule has 0 saturated carbocycles. The van der Waals surface area contributed by atoms with Gasteiger partial charge >= 0.3 is 0 Å². The van der Waals surface area contributed by atoms with Gasteiger partial charge in [-0.05, 0) is 52.6 Å². The molecule has 3 heterocycles. The smallest absolute Gasteiger partial charge is 0.194 e. The summed E-state index contributed by atoms with van der Waals surface area (Å²) in [4.78, 5) is 19.8. The van der Waals surface area contributed by atoms with Gasteiger partial charge in [-0.1, -0.05) is 66.7 Å². The van der Waals surface area contributed by atoms with E-state index < -0.39 is 0 Å². The highest BCUT2D eigenvalue weighted by molar-refractivity contribution is 5.86. The lowest BCUT2D eigenvalue weighted by Crippen LogP contribution is -2.27. The van der Waals surface area contributed by atoms with E-state index in [0.717, 1.165) is 40.9 Å². The number of H-pyrrole nitrogens is 1. The first-order chi connectivity index (χ1) is 17.2. The number of rotatable bonds is 3. The van der Waals surface area contributed by atoms with Gasteiger partial charge in [-0.15, -0.1) is 0 Å². The largest absolute Gasteiger partial charge is 0.493 e.